The molecule has 104 valence electrons. The van der Waals surface area contributed by atoms with Crippen molar-refractivity contribution < 1.29 is 28.8 Å². The number of carbonyl (C=O) groups is 4. The summed E-state index contributed by atoms with van der Waals surface area (Å²) in [5.74, 6) is -1.69. The van der Waals surface area contributed by atoms with E-state index in [1.54, 1.807) is 0 Å². The Balaban J connectivity index is 2.21. The lowest BCUT2D eigenvalue weighted by molar-refractivity contribution is -0.171. The van der Waals surface area contributed by atoms with Crippen LogP contribution in [0.5, 0.6) is 0 Å². The molecule has 0 unspecified atom stereocenters. The molecule has 0 aromatic heterocycles. The largest absolute Gasteiger partial charge is 0.460 e. The number of rotatable bonds is 5. The minimum atomic E-state index is -0.963. The average molecular weight is 270 g/mol. The van der Waals surface area contributed by atoms with E-state index in [4.69, 9.17) is 4.74 Å². The maximum Gasteiger partial charge on any atom is 0.432 e. The maximum atomic E-state index is 11.2. The van der Waals surface area contributed by atoms with Gasteiger partial charge in [0.1, 0.15) is 6.61 Å². The van der Waals surface area contributed by atoms with Crippen LogP contribution in [0.3, 0.4) is 0 Å². The normalized spacial score (nSPS) is 14.3. The summed E-state index contributed by atoms with van der Waals surface area (Å²) < 4.78 is 4.71. The molecule has 1 rings (SSSR count). The van der Waals surface area contributed by atoms with Gasteiger partial charge in [0.25, 0.3) is 11.8 Å². The van der Waals surface area contributed by atoms with Crippen molar-refractivity contribution in [3.63, 3.8) is 0 Å². The summed E-state index contributed by atoms with van der Waals surface area (Å²) >= 11 is 0. The van der Waals surface area contributed by atoms with Gasteiger partial charge in [-0.05, 0) is 6.92 Å². The van der Waals surface area contributed by atoms with Crippen molar-refractivity contribution >= 4 is 23.9 Å². The van der Waals surface area contributed by atoms with Gasteiger partial charge in [-0.3, -0.25) is 9.59 Å². The summed E-state index contributed by atoms with van der Waals surface area (Å²) in [4.78, 5) is 49.0. The molecule has 3 amide bonds. The van der Waals surface area contributed by atoms with Gasteiger partial charge in [0.05, 0.1) is 6.54 Å². The van der Waals surface area contributed by atoms with Gasteiger partial charge >= 0.3 is 12.1 Å². The molecule has 0 aromatic carbocycles. The van der Waals surface area contributed by atoms with E-state index in [0.29, 0.717) is 5.06 Å². The van der Waals surface area contributed by atoms with Gasteiger partial charge in [0.15, 0.2) is 0 Å². The Morgan fingerprint density at radius 1 is 1.32 bits per heavy atom. The second kappa shape index (κ2) is 6.53. The van der Waals surface area contributed by atoms with Crippen LogP contribution in [0.25, 0.3) is 0 Å². The summed E-state index contributed by atoms with van der Waals surface area (Å²) in [6, 6.07) is 0. The average Bonchev–Trinajstić information content (AvgIpc) is 2.66. The van der Waals surface area contributed by atoms with E-state index >= 15 is 0 Å². The van der Waals surface area contributed by atoms with Crippen molar-refractivity contribution in [2.24, 2.45) is 0 Å². The van der Waals surface area contributed by atoms with Crippen molar-refractivity contribution in [1.29, 1.82) is 0 Å². The Hall–Kier alpha value is -2.38. The van der Waals surface area contributed by atoms with Gasteiger partial charge in [0, 0.05) is 18.4 Å². The molecule has 1 heterocycles. The molecule has 1 fully saturated rings. The van der Waals surface area contributed by atoms with Crippen LogP contribution < -0.4 is 5.32 Å². The van der Waals surface area contributed by atoms with E-state index in [0.717, 1.165) is 0 Å². The summed E-state index contributed by atoms with van der Waals surface area (Å²) in [7, 11) is 0. The third-order valence-corrected chi connectivity index (χ3v) is 2.13. The van der Waals surface area contributed by atoms with Crippen molar-refractivity contribution in [2.45, 2.75) is 19.8 Å². The zero-order chi connectivity index (χ0) is 14.4. The van der Waals surface area contributed by atoms with Gasteiger partial charge < -0.3 is 14.9 Å². The van der Waals surface area contributed by atoms with Gasteiger partial charge in [-0.15, -0.1) is 5.06 Å². The third kappa shape index (κ3) is 4.41. The first-order valence-corrected chi connectivity index (χ1v) is 5.56. The van der Waals surface area contributed by atoms with Crippen LogP contribution in [0.15, 0.2) is 12.2 Å². The lowest BCUT2D eigenvalue weighted by atomic mass is 10.4. The standard InChI is InChI=1S/C11H14N2O6/c1-7(2)10(16)18-6-5-12-11(17)19-13-8(14)3-4-9(13)15/h1,3-6H2,2H3,(H,12,17). The lowest BCUT2D eigenvalue weighted by Gasteiger charge is -2.13. The molecule has 0 aromatic rings. The summed E-state index contributed by atoms with van der Waals surface area (Å²) in [5, 5.41) is 2.66. The van der Waals surface area contributed by atoms with Crippen molar-refractivity contribution in [3.05, 3.63) is 12.2 Å². The number of nitrogens with one attached hydrogen (secondary N) is 1. The molecule has 0 aliphatic carbocycles. The minimum absolute atomic E-state index is 0.00588. The first kappa shape index (κ1) is 14.7. The number of hydroxylamine groups is 2. The van der Waals surface area contributed by atoms with Crippen LogP contribution in [0, 0.1) is 0 Å². The van der Waals surface area contributed by atoms with Gasteiger partial charge in [-0.2, -0.15) is 0 Å². The van der Waals surface area contributed by atoms with Crippen LogP contribution in [0.1, 0.15) is 19.8 Å². The highest BCUT2D eigenvalue weighted by Crippen LogP contribution is 2.11. The molecule has 19 heavy (non-hydrogen) atoms. The lowest BCUT2D eigenvalue weighted by Crippen LogP contribution is -2.38. The van der Waals surface area contributed by atoms with Crippen molar-refractivity contribution in [2.75, 3.05) is 13.2 Å². The third-order valence-electron chi connectivity index (χ3n) is 2.13. The zero-order valence-corrected chi connectivity index (χ0v) is 10.4. The molecule has 8 heteroatoms. The van der Waals surface area contributed by atoms with E-state index in [2.05, 4.69) is 16.7 Å². The number of hydrogen-bond acceptors (Lipinski definition) is 6. The molecule has 0 bridgehead atoms. The number of hydrogen-bond donors (Lipinski definition) is 1. The molecule has 0 spiro atoms. The second-order valence-electron chi connectivity index (χ2n) is 3.80. The fraction of sp³-hybridized carbons (Fsp3) is 0.455. The highest BCUT2D eigenvalue weighted by Gasteiger charge is 2.32. The number of amides is 3. The van der Waals surface area contributed by atoms with E-state index in [1.807, 2.05) is 0 Å². The van der Waals surface area contributed by atoms with Gasteiger partial charge in [0.2, 0.25) is 0 Å². The number of imide groups is 1. The molecule has 1 aliphatic heterocycles. The van der Waals surface area contributed by atoms with Crippen LogP contribution in [-0.2, 0) is 24.0 Å². The molecule has 0 atom stereocenters. The number of carbonyl (C=O) groups excluding carboxylic acids is 4. The molecular weight excluding hydrogens is 256 g/mol. The van der Waals surface area contributed by atoms with Crippen LogP contribution in [0.2, 0.25) is 0 Å². The molecule has 1 aliphatic rings. The van der Waals surface area contributed by atoms with E-state index in [-0.39, 0.29) is 31.6 Å². The monoisotopic (exact) mass is 270 g/mol. The van der Waals surface area contributed by atoms with E-state index < -0.39 is 23.9 Å². The van der Waals surface area contributed by atoms with Crippen LogP contribution in [-0.4, -0.2) is 42.1 Å². The maximum absolute atomic E-state index is 11.2. The first-order chi connectivity index (χ1) is 8.91. The molecule has 0 radical (unpaired) electrons. The predicted octanol–water partition coefficient (Wildman–Crippen LogP) is -0.104. The summed E-state index contributed by atoms with van der Waals surface area (Å²) in [5.41, 5.74) is 0.246. The Labute approximate surface area is 109 Å². The van der Waals surface area contributed by atoms with Gasteiger partial charge in [-0.1, -0.05) is 6.58 Å². The Morgan fingerprint density at radius 2 is 1.89 bits per heavy atom. The Morgan fingerprint density at radius 3 is 2.42 bits per heavy atom. The number of ether oxygens (including phenoxy) is 1. The molecular formula is C11H14N2O6. The SMILES string of the molecule is C=C(C)C(=O)OCCNC(=O)ON1C(=O)CCC1=O. The molecule has 1 saturated heterocycles. The Bertz CT molecular complexity index is 415. The fourth-order valence-electron chi connectivity index (χ4n) is 1.19. The summed E-state index contributed by atoms with van der Waals surface area (Å²) in [6.07, 6.45) is -0.903. The second-order valence-corrected chi connectivity index (χ2v) is 3.80. The smallest absolute Gasteiger partial charge is 0.432 e. The molecule has 8 nitrogen and oxygen atoms in total. The van der Waals surface area contributed by atoms with Gasteiger partial charge in [-0.25, -0.2) is 9.59 Å². The quantitative estimate of drug-likeness (QED) is 0.324. The van der Waals surface area contributed by atoms with Crippen molar-refractivity contribution in [1.82, 2.24) is 10.4 Å². The fourth-order valence-corrected chi connectivity index (χ4v) is 1.19. The number of esters is 1. The first-order valence-electron chi connectivity index (χ1n) is 5.56. The highest BCUT2D eigenvalue weighted by atomic mass is 16.7. The topological polar surface area (TPSA) is 102 Å². The van der Waals surface area contributed by atoms with E-state index in [9.17, 15) is 19.2 Å². The zero-order valence-electron chi connectivity index (χ0n) is 10.4. The Kier molecular flexibility index (Phi) is 5.04. The van der Waals surface area contributed by atoms with Crippen LogP contribution >= 0.6 is 0 Å². The molecule has 0 saturated carbocycles. The molecule has 1 N–H and O–H groups in total. The minimum Gasteiger partial charge on any atom is -0.460 e. The van der Waals surface area contributed by atoms with Crippen molar-refractivity contribution in [3.8, 4) is 0 Å². The predicted molar refractivity (Wildman–Crippen MR) is 61.3 cm³/mol. The number of nitrogens with zero attached hydrogens (tertiary/aromatic N) is 1. The summed E-state index contributed by atoms with van der Waals surface area (Å²) in [6.45, 7) is 4.81. The van der Waals surface area contributed by atoms with Crippen LogP contribution in [0.4, 0.5) is 4.79 Å². The highest BCUT2D eigenvalue weighted by molar-refractivity contribution is 6.01. The van der Waals surface area contributed by atoms with E-state index in [1.165, 1.54) is 6.92 Å².